The predicted octanol–water partition coefficient (Wildman–Crippen LogP) is 3.09. The molecular formula is C22H30N2O4. The van der Waals surface area contributed by atoms with Crippen LogP contribution >= 0.6 is 0 Å². The van der Waals surface area contributed by atoms with E-state index in [1.165, 1.54) is 11.1 Å². The minimum Gasteiger partial charge on any atom is -0.493 e. The van der Waals surface area contributed by atoms with E-state index in [0.29, 0.717) is 6.04 Å². The predicted molar refractivity (Wildman–Crippen MR) is 110 cm³/mol. The Morgan fingerprint density at radius 1 is 0.821 bits per heavy atom. The second-order valence-corrected chi connectivity index (χ2v) is 6.98. The van der Waals surface area contributed by atoms with E-state index >= 15 is 0 Å². The van der Waals surface area contributed by atoms with Gasteiger partial charge in [0, 0.05) is 32.2 Å². The fourth-order valence-corrected chi connectivity index (χ4v) is 3.63. The summed E-state index contributed by atoms with van der Waals surface area (Å²) in [6.45, 7) is 3.84. The number of nitrogens with zero attached hydrogens (tertiary/aromatic N) is 1. The van der Waals surface area contributed by atoms with Crippen molar-refractivity contribution >= 4 is 0 Å². The lowest BCUT2D eigenvalue weighted by molar-refractivity contribution is 0.317. The summed E-state index contributed by atoms with van der Waals surface area (Å²) in [5.74, 6) is 3.07. The van der Waals surface area contributed by atoms with Crippen molar-refractivity contribution in [3.05, 3.63) is 47.5 Å². The Bertz CT molecular complexity index is 781. The fourth-order valence-electron chi connectivity index (χ4n) is 3.63. The third-order valence-corrected chi connectivity index (χ3v) is 5.17. The summed E-state index contributed by atoms with van der Waals surface area (Å²) >= 11 is 0. The van der Waals surface area contributed by atoms with Gasteiger partial charge in [0.05, 0.1) is 28.4 Å². The molecule has 0 saturated carbocycles. The van der Waals surface area contributed by atoms with Gasteiger partial charge < -0.3 is 24.3 Å². The van der Waals surface area contributed by atoms with Gasteiger partial charge in [-0.15, -0.1) is 0 Å². The van der Waals surface area contributed by atoms with Crippen LogP contribution in [-0.4, -0.2) is 52.5 Å². The Morgan fingerprint density at radius 3 is 2.00 bits per heavy atom. The van der Waals surface area contributed by atoms with E-state index in [2.05, 4.69) is 28.4 Å². The van der Waals surface area contributed by atoms with Gasteiger partial charge in [-0.1, -0.05) is 12.1 Å². The molecule has 6 nitrogen and oxygen atoms in total. The van der Waals surface area contributed by atoms with E-state index < -0.39 is 0 Å². The van der Waals surface area contributed by atoms with Crippen LogP contribution < -0.4 is 24.3 Å². The molecule has 1 fully saturated rings. The highest BCUT2D eigenvalue weighted by Crippen LogP contribution is 2.29. The first-order chi connectivity index (χ1) is 13.7. The maximum atomic E-state index is 5.41. The molecule has 2 aromatic carbocycles. The Hall–Kier alpha value is -2.44. The molecule has 2 aromatic rings. The van der Waals surface area contributed by atoms with E-state index in [1.54, 1.807) is 28.4 Å². The monoisotopic (exact) mass is 386 g/mol. The van der Waals surface area contributed by atoms with Crippen LogP contribution in [0.15, 0.2) is 36.4 Å². The summed E-state index contributed by atoms with van der Waals surface area (Å²) in [4.78, 5) is 2.47. The number of methoxy groups -OCH3 is 4. The molecule has 3 rings (SSSR count). The van der Waals surface area contributed by atoms with Crippen LogP contribution in [0.1, 0.15) is 17.5 Å². The van der Waals surface area contributed by atoms with Crippen LogP contribution in [-0.2, 0) is 13.1 Å². The van der Waals surface area contributed by atoms with Gasteiger partial charge >= 0.3 is 0 Å². The molecule has 1 N–H and O–H groups in total. The van der Waals surface area contributed by atoms with E-state index in [9.17, 15) is 0 Å². The largest absolute Gasteiger partial charge is 0.493 e. The Morgan fingerprint density at radius 2 is 1.39 bits per heavy atom. The molecule has 1 unspecified atom stereocenters. The smallest absolute Gasteiger partial charge is 0.161 e. The second kappa shape index (κ2) is 9.66. The van der Waals surface area contributed by atoms with Crippen molar-refractivity contribution in [2.75, 3.05) is 41.5 Å². The van der Waals surface area contributed by atoms with Crippen molar-refractivity contribution in [1.82, 2.24) is 10.2 Å². The van der Waals surface area contributed by atoms with Crippen LogP contribution in [0.25, 0.3) is 0 Å². The van der Waals surface area contributed by atoms with Crippen molar-refractivity contribution in [1.29, 1.82) is 0 Å². The van der Waals surface area contributed by atoms with Crippen LogP contribution in [0.3, 0.4) is 0 Å². The molecule has 152 valence electrons. The topological polar surface area (TPSA) is 52.2 Å². The highest BCUT2D eigenvalue weighted by Gasteiger charge is 2.22. The third-order valence-electron chi connectivity index (χ3n) is 5.17. The normalized spacial score (nSPS) is 16.8. The zero-order chi connectivity index (χ0) is 19.9. The molecular weight excluding hydrogens is 356 g/mol. The quantitative estimate of drug-likeness (QED) is 0.715. The molecule has 6 heteroatoms. The van der Waals surface area contributed by atoms with E-state index in [0.717, 1.165) is 55.6 Å². The van der Waals surface area contributed by atoms with Crippen LogP contribution in [0.2, 0.25) is 0 Å². The number of rotatable bonds is 9. The molecule has 0 aliphatic carbocycles. The fraction of sp³-hybridized carbons (Fsp3) is 0.455. The number of likely N-dealkylation sites (tertiary alicyclic amines) is 1. The first kappa shape index (κ1) is 20.3. The van der Waals surface area contributed by atoms with Crippen LogP contribution in [0.4, 0.5) is 0 Å². The standard InChI is InChI=1S/C22H30N2O4/c1-25-19-7-5-16(11-21(19)27-3)13-23-18-9-10-24(15-18)14-17-6-8-20(26-2)22(12-17)28-4/h5-8,11-12,18,23H,9-10,13-15H2,1-4H3. The van der Waals surface area contributed by atoms with Gasteiger partial charge in [-0.2, -0.15) is 0 Å². The number of benzene rings is 2. The maximum absolute atomic E-state index is 5.41. The van der Waals surface area contributed by atoms with Crippen molar-refractivity contribution < 1.29 is 18.9 Å². The molecule has 0 bridgehead atoms. The summed E-state index contributed by atoms with van der Waals surface area (Å²) in [5.41, 5.74) is 2.43. The van der Waals surface area contributed by atoms with Gasteiger partial charge in [0.15, 0.2) is 23.0 Å². The Balaban J connectivity index is 1.52. The van der Waals surface area contributed by atoms with Gasteiger partial charge in [0.1, 0.15) is 0 Å². The molecule has 0 amide bonds. The molecule has 1 atom stereocenters. The van der Waals surface area contributed by atoms with Crippen LogP contribution in [0, 0.1) is 0 Å². The summed E-state index contributed by atoms with van der Waals surface area (Å²) in [7, 11) is 6.65. The Kier molecular flexibility index (Phi) is 7.01. The number of ether oxygens (including phenoxy) is 4. The Labute approximate surface area is 167 Å². The summed E-state index contributed by atoms with van der Waals surface area (Å²) in [5, 5.41) is 3.66. The minimum absolute atomic E-state index is 0.480. The molecule has 1 heterocycles. The van der Waals surface area contributed by atoms with Crippen molar-refractivity contribution in [2.24, 2.45) is 0 Å². The number of nitrogens with one attached hydrogen (secondary N) is 1. The average Bonchev–Trinajstić information content (AvgIpc) is 3.19. The van der Waals surface area contributed by atoms with Gasteiger partial charge in [-0.3, -0.25) is 4.90 Å². The molecule has 0 aromatic heterocycles. The van der Waals surface area contributed by atoms with Gasteiger partial charge in [0.25, 0.3) is 0 Å². The van der Waals surface area contributed by atoms with E-state index in [1.807, 2.05) is 18.2 Å². The minimum atomic E-state index is 0.480. The van der Waals surface area contributed by atoms with Crippen molar-refractivity contribution in [2.45, 2.75) is 25.6 Å². The first-order valence-corrected chi connectivity index (χ1v) is 9.54. The highest BCUT2D eigenvalue weighted by molar-refractivity contribution is 5.43. The summed E-state index contributed by atoms with van der Waals surface area (Å²) < 4.78 is 21.4. The van der Waals surface area contributed by atoms with Gasteiger partial charge in [0.2, 0.25) is 0 Å². The lowest BCUT2D eigenvalue weighted by Gasteiger charge is -2.18. The zero-order valence-corrected chi connectivity index (χ0v) is 17.2. The van der Waals surface area contributed by atoms with E-state index in [-0.39, 0.29) is 0 Å². The molecule has 1 aliphatic rings. The molecule has 1 saturated heterocycles. The van der Waals surface area contributed by atoms with Crippen molar-refractivity contribution in [3.8, 4) is 23.0 Å². The number of hydrogen-bond donors (Lipinski definition) is 1. The lowest BCUT2D eigenvalue weighted by atomic mass is 10.1. The SMILES string of the molecule is COc1ccc(CNC2CCN(Cc3ccc(OC)c(OC)c3)C2)cc1OC. The van der Waals surface area contributed by atoms with E-state index in [4.69, 9.17) is 18.9 Å². The molecule has 0 radical (unpaired) electrons. The third kappa shape index (κ3) is 4.88. The highest BCUT2D eigenvalue weighted by atomic mass is 16.5. The summed E-state index contributed by atoms with van der Waals surface area (Å²) in [6.07, 6.45) is 1.14. The molecule has 1 aliphatic heterocycles. The molecule has 0 spiro atoms. The van der Waals surface area contributed by atoms with Gasteiger partial charge in [-0.05, 0) is 41.8 Å². The average molecular weight is 386 g/mol. The lowest BCUT2D eigenvalue weighted by Crippen LogP contribution is -2.31. The van der Waals surface area contributed by atoms with Gasteiger partial charge in [-0.25, -0.2) is 0 Å². The second-order valence-electron chi connectivity index (χ2n) is 6.98. The molecule has 28 heavy (non-hydrogen) atoms. The number of hydrogen-bond acceptors (Lipinski definition) is 6. The first-order valence-electron chi connectivity index (χ1n) is 9.54. The maximum Gasteiger partial charge on any atom is 0.161 e. The van der Waals surface area contributed by atoms with Crippen LogP contribution in [0.5, 0.6) is 23.0 Å². The summed E-state index contributed by atoms with van der Waals surface area (Å²) in [6, 6.07) is 12.7. The zero-order valence-electron chi connectivity index (χ0n) is 17.2. The van der Waals surface area contributed by atoms with Crippen molar-refractivity contribution in [3.63, 3.8) is 0 Å².